The minimum absolute atomic E-state index is 0.399. The number of anilines is 1. The molecule has 156 valence electrons. The number of rotatable bonds is 6. The fraction of sp³-hybridized carbons (Fsp3) is 0.478. The number of benzene rings is 1. The first kappa shape index (κ1) is 21.5. The van der Waals surface area contributed by atoms with Gasteiger partial charge >= 0.3 is 0 Å². The third-order valence-corrected chi connectivity index (χ3v) is 5.78. The van der Waals surface area contributed by atoms with Gasteiger partial charge in [0, 0.05) is 35.8 Å². The molecule has 0 radical (unpaired) electrons. The molecule has 3 rings (SSSR count). The van der Waals surface area contributed by atoms with Gasteiger partial charge < -0.3 is 19.9 Å². The molecule has 0 spiro atoms. The highest BCUT2D eigenvalue weighted by Crippen LogP contribution is 2.30. The Balaban J connectivity index is 1.58. The van der Waals surface area contributed by atoms with Crippen LogP contribution < -0.4 is 14.8 Å². The number of methoxy groups -OCH3 is 2. The number of aliphatic hydroxyl groups is 1. The molecule has 0 amide bonds. The highest BCUT2D eigenvalue weighted by atomic mass is 32.1. The van der Waals surface area contributed by atoms with Crippen molar-refractivity contribution in [3.05, 3.63) is 40.1 Å². The number of ether oxygens (including phenoxy) is 2. The van der Waals surface area contributed by atoms with Crippen LogP contribution in [0, 0.1) is 11.8 Å². The molecule has 1 saturated heterocycles. The quantitative estimate of drug-likeness (QED) is 0.701. The van der Waals surface area contributed by atoms with Crippen molar-refractivity contribution in [2.24, 2.45) is 0 Å². The second kappa shape index (κ2) is 9.53. The van der Waals surface area contributed by atoms with E-state index in [9.17, 15) is 5.11 Å². The first-order valence-electron chi connectivity index (χ1n) is 9.91. The number of likely N-dealkylation sites (tertiary alicyclic amines) is 1. The molecule has 1 unspecified atom stereocenters. The predicted octanol–water partition coefficient (Wildman–Crippen LogP) is 3.96. The average molecular weight is 415 g/mol. The Morgan fingerprint density at radius 1 is 1.21 bits per heavy atom. The molecular weight excluding hydrogens is 384 g/mol. The summed E-state index contributed by atoms with van der Waals surface area (Å²) in [4.78, 5) is 4.79. The molecular formula is C23H30N2O3S. The lowest BCUT2D eigenvalue weighted by Gasteiger charge is -2.33. The van der Waals surface area contributed by atoms with Crippen molar-refractivity contribution in [1.82, 2.24) is 4.90 Å². The van der Waals surface area contributed by atoms with Crippen molar-refractivity contribution in [3.8, 4) is 23.3 Å². The zero-order valence-electron chi connectivity index (χ0n) is 17.6. The van der Waals surface area contributed by atoms with E-state index in [4.69, 9.17) is 9.47 Å². The van der Waals surface area contributed by atoms with Gasteiger partial charge in [-0.05, 0) is 57.5 Å². The summed E-state index contributed by atoms with van der Waals surface area (Å²) in [7, 11) is 3.31. The molecule has 0 aliphatic carbocycles. The Morgan fingerprint density at radius 3 is 2.72 bits per heavy atom. The SMILES string of the molecule is COc1ccc(NC2CCCN(Cc3ccc(C#CC(C)(C)O)s3)C2)cc1OC. The molecule has 1 aliphatic heterocycles. The highest BCUT2D eigenvalue weighted by molar-refractivity contribution is 7.12. The van der Waals surface area contributed by atoms with E-state index < -0.39 is 5.60 Å². The normalized spacial score (nSPS) is 17.3. The molecule has 5 nitrogen and oxygen atoms in total. The lowest BCUT2D eigenvalue weighted by Crippen LogP contribution is -2.41. The van der Waals surface area contributed by atoms with Crippen LogP contribution in [0.5, 0.6) is 11.5 Å². The molecule has 6 heteroatoms. The van der Waals surface area contributed by atoms with Gasteiger partial charge in [0.2, 0.25) is 0 Å². The number of piperidine rings is 1. The molecule has 0 bridgehead atoms. The maximum absolute atomic E-state index is 9.76. The van der Waals surface area contributed by atoms with Crippen LogP contribution in [0.1, 0.15) is 36.4 Å². The van der Waals surface area contributed by atoms with Crippen LogP contribution >= 0.6 is 11.3 Å². The molecule has 2 heterocycles. The summed E-state index contributed by atoms with van der Waals surface area (Å²) in [6.45, 7) is 6.43. The van der Waals surface area contributed by atoms with E-state index in [0.717, 1.165) is 48.1 Å². The summed E-state index contributed by atoms with van der Waals surface area (Å²) in [6.07, 6.45) is 2.32. The van der Waals surface area contributed by atoms with Crippen molar-refractivity contribution < 1.29 is 14.6 Å². The lowest BCUT2D eigenvalue weighted by atomic mass is 10.1. The van der Waals surface area contributed by atoms with Gasteiger partial charge in [0.05, 0.1) is 19.1 Å². The number of hydrogen-bond donors (Lipinski definition) is 2. The van der Waals surface area contributed by atoms with Gasteiger partial charge in [-0.15, -0.1) is 11.3 Å². The number of thiophene rings is 1. The van der Waals surface area contributed by atoms with E-state index in [1.165, 1.54) is 11.3 Å². The van der Waals surface area contributed by atoms with E-state index in [1.807, 2.05) is 24.3 Å². The largest absolute Gasteiger partial charge is 0.493 e. The molecule has 1 fully saturated rings. The van der Waals surface area contributed by atoms with Gasteiger partial charge in [0.25, 0.3) is 0 Å². The van der Waals surface area contributed by atoms with Crippen LogP contribution in [0.3, 0.4) is 0 Å². The van der Waals surface area contributed by atoms with Gasteiger partial charge in [-0.3, -0.25) is 4.90 Å². The molecule has 2 N–H and O–H groups in total. The Morgan fingerprint density at radius 2 is 2.00 bits per heavy atom. The number of nitrogens with zero attached hydrogens (tertiary/aromatic N) is 1. The maximum atomic E-state index is 9.76. The first-order chi connectivity index (χ1) is 13.9. The Hall–Kier alpha value is -2.20. The van der Waals surface area contributed by atoms with Crippen LogP contribution in [0.25, 0.3) is 0 Å². The number of nitrogens with one attached hydrogen (secondary N) is 1. The summed E-state index contributed by atoms with van der Waals surface area (Å²) >= 11 is 1.70. The zero-order valence-corrected chi connectivity index (χ0v) is 18.4. The summed E-state index contributed by atoms with van der Waals surface area (Å²) in [5.74, 6) is 7.43. The second-order valence-electron chi connectivity index (χ2n) is 7.86. The van der Waals surface area contributed by atoms with Crippen LogP contribution in [-0.2, 0) is 6.54 Å². The van der Waals surface area contributed by atoms with Crippen molar-refractivity contribution in [2.45, 2.75) is 44.9 Å². The topological polar surface area (TPSA) is 54.0 Å². The van der Waals surface area contributed by atoms with Crippen molar-refractivity contribution in [3.63, 3.8) is 0 Å². The summed E-state index contributed by atoms with van der Waals surface area (Å²) in [5, 5.41) is 13.4. The minimum Gasteiger partial charge on any atom is -0.493 e. The fourth-order valence-corrected chi connectivity index (χ4v) is 4.35. The fourth-order valence-electron chi connectivity index (χ4n) is 3.44. The molecule has 1 atom stereocenters. The van der Waals surface area contributed by atoms with E-state index in [0.29, 0.717) is 6.04 Å². The van der Waals surface area contributed by atoms with Gasteiger partial charge in [-0.2, -0.15) is 0 Å². The predicted molar refractivity (Wildman–Crippen MR) is 119 cm³/mol. The minimum atomic E-state index is -0.958. The van der Waals surface area contributed by atoms with Crippen LogP contribution in [0.2, 0.25) is 0 Å². The van der Waals surface area contributed by atoms with E-state index in [1.54, 1.807) is 39.4 Å². The number of hydrogen-bond acceptors (Lipinski definition) is 6. The first-order valence-corrected chi connectivity index (χ1v) is 10.7. The maximum Gasteiger partial charge on any atom is 0.162 e. The summed E-state index contributed by atoms with van der Waals surface area (Å²) in [5.41, 5.74) is 0.0925. The highest BCUT2D eigenvalue weighted by Gasteiger charge is 2.21. The van der Waals surface area contributed by atoms with Gasteiger partial charge in [0.15, 0.2) is 11.5 Å². The van der Waals surface area contributed by atoms with Gasteiger partial charge in [-0.25, -0.2) is 0 Å². The Bertz CT molecular complexity index is 876. The molecule has 2 aromatic rings. The van der Waals surface area contributed by atoms with E-state index >= 15 is 0 Å². The van der Waals surface area contributed by atoms with Crippen LogP contribution in [-0.4, -0.2) is 49.0 Å². The van der Waals surface area contributed by atoms with Gasteiger partial charge in [0.1, 0.15) is 5.60 Å². The summed E-state index contributed by atoms with van der Waals surface area (Å²) < 4.78 is 10.7. The van der Waals surface area contributed by atoms with Crippen LogP contribution in [0.4, 0.5) is 5.69 Å². The monoisotopic (exact) mass is 414 g/mol. The van der Waals surface area contributed by atoms with Crippen LogP contribution in [0.15, 0.2) is 30.3 Å². The molecule has 1 aromatic heterocycles. The molecule has 0 saturated carbocycles. The third-order valence-electron chi connectivity index (χ3n) is 4.79. The average Bonchev–Trinajstić information content (AvgIpc) is 3.13. The second-order valence-corrected chi connectivity index (χ2v) is 9.03. The third kappa shape index (κ3) is 6.40. The standard InChI is InChI=1S/C23H30N2O3S/c1-23(2,26)12-11-19-8-9-20(29-19)16-25-13-5-6-18(15-25)24-17-7-10-21(27-3)22(14-17)28-4/h7-10,14,18,24,26H,5-6,13,15-16H2,1-4H3. The molecule has 1 aliphatic rings. The smallest absolute Gasteiger partial charge is 0.162 e. The Kier molecular flexibility index (Phi) is 7.07. The molecule has 29 heavy (non-hydrogen) atoms. The van der Waals surface area contributed by atoms with Crippen molar-refractivity contribution in [1.29, 1.82) is 0 Å². The van der Waals surface area contributed by atoms with Crippen molar-refractivity contribution >= 4 is 17.0 Å². The van der Waals surface area contributed by atoms with E-state index in [-0.39, 0.29) is 0 Å². The molecule has 1 aromatic carbocycles. The lowest BCUT2D eigenvalue weighted by molar-refractivity contribution is 0.143. The van der Waals surface area contributed by atoms with Crippen molar-refractivity contribution in [2.75, 3.05) is 32.6 Å². The zero-order chi connectivity index (χ0) is 20.9. The Labute approximate surface area is 177 Å². The van der Waals surface area contributed by atoms with E-state index in [2.05, 4.69) is 28.1 Å². The summed E-state index contributed by atoms with van der Waals surface area (Å²) in [6, 6.07) is 10.5. The van der Waals surface area contributed by atoms with Gasteiger partial charge in [-0.1, -0.05) is 11.8 Å².